The molecule has 1 aliphatic carbocycles. The SMILES string of the molecule is Cn1nc(C2CCC(=O)NC2=O)c2cccc(C#CCOC3CCN(CC4CCC(n5cc(NC(=O)c6cnn7ccc(N8CC9CCC8CO9)nc67)c(C(F)F)n5)CC4)CC3)c21. The molecule has 0 radical (unpaired) electrons. The lowest BCUT2D eigenvalue weighted by Crippen LogP contribution is -2.54. The van der Waals surface area contributed by atoms with Crippen molar-refractivity contribution in [3.63, 3.8) is 0 Å². The monoisotopic (exact) mass is 863 g/mol. The standard InChI is InChI=1S/C45H51F2N11O5/c1-54-41-28(4-2-6-33(41)39(52-54)34-13-14-38(59)51-44(34)60)5-3-21-62-31-15-18-55(19-16-31)23-27-7-9-29(10-8-27)58-25-36(40(53-58)42(46)47)49-45(61)35-22-48-57-20-17-37(50-43(35)57)56-24-32-12-11-30(56)26-63-32/h2,4,6,17,20,22,25,27,29-32,34,42H,7-16,18-19,21,23-24,26H2,1H3,(H,49,61)(H,51,59,60). The number of likely N-dealkylation sites (tertiary alicyclic amines) is 1. The van der Waals surface area contributed by atoms with E-state index in [0.717, 1.165) is 99.8 Å². The zero-order valence-electron chi connectivity index (χ0n) is 35.2. The number of aromatic nitrogens is 7. The maximum absolute atomic E-state index is 14.3. The number of piperidine rings is 3. The summed E-state index contributed by atoms with van der Waals surface area (Å²) in [4.78, 5) is 47.3. The van der Waals surface area contributed by atoms with E-state index in [1.54, 1.807) is 21.8 Å². The Hall–Kier alpha value is -5.77. The number of hydrogen-bond donors (Lipinski definition) is 2. The first-order valence-electron chi connectivity index (χ1n) is 22.2. The van der Waals surface area contributed by atoms with Crippen LogP contribution in [0.25, 0.3) is 16.6 Å². The lowest BCUT2D eigenvalue weighted by molar-refractivity contribution is -0.134. The molecule has 5 saturated heterocycles. The average molecular weight is 864 g/mol. The van der Waals surface area contributed by atoms with Crippen LogP contribution in [0.1, 0.15) is 110 Å². The largest absolute Gasteiger partial charge is 0.374 e. The Morgan fingerprint density at radius 1 is 1.03 bits per heavy atom. The van der Waals surface area contributed by atoms with Crippen molar-refractivity contribution in [1.82, 2.24) is 44.4 Å². The van der Waals surface area contributed by atoms with Crippen LogP contribution in [-0.4, -0.2) is 114 Å². The average Bonchev–Trinajstić information content (AvgIpc) is 4.02. The molecule has 9 heterocycles. The summed E-state index contributed by atoms with van der Waals surface area (Å²) in [5.74, 6) is 6.08. The molecule has 6 aliphatic rings. The summed E-state index contributed by atoms with van der Waals surface area (Å²) in [6, 6.07) is 7.87. The molecule has 2 bridgehead atoms. The Labute approximate surface area is 362 Å². The smallest absolute Gasteiger partial charge is 0.284 e. The molecule has 4 aromatic heterocycles. The van der Waals surface area contributed by atoms with E-state index in [9.17, 15) is 23.2 Å². The number of carbonyl (C=O) groups is 3. The molecule has 0 spiro atoms. The summed E-state index contributed by atoms with van der Waals surface area (Å²) in [7, 11) is 1.84. The molecule has 16 nitrogen and oxygen atoms in total. The van der Waals surface area contributed by atoms with Crippen LogP contribution in [0, 0.1) is 17.8 Å². The number of para-hydroxylation sites is 1. The van der Waals surface area contributed by atoms with Crippen molar-refractivity contribution in [3.8, 4) is 11.8 Å². The number of anilines is 2. The predicted octanol–water partition coefficient (Wildman–Crippen LogP) is 5.15. The molecular formula is C45H51F2N11O5. The van der Waals surface area contributed by atoms with Gasteiger partial charge in [0.1, 0.15) is 18.0 Å². The molecule has 6 fully saturated rings. The van der Waals surface area contributed by atoms with E-state index in [1.807, 2.05) is 31.3 Å². The molecule has 3 atom stereocenters. The van der Waals surface area contributed by atoms with Crippen molar-refractivity contribution in [2.24, 2.45) is 13.0 Å². The fraction of sp³-hybridized carbons (Fsp3) is 0.533. The first-order chi connectivity index (χ1) is 30.6. The third kappa shape index (κ3) is 8.41. The van der Waals surface area contributed by atoms with Gasteiger partial charge in [0.2, 0.25) is 11.8 Å². The third-order valence-electron chi connectivity index (χ3n) is 13.6. The molecule has 5 aliphatic heterocycles. The van der Waals surface area contributed by atoms with Gasteiger partial charge in [-0.1, -0.05) is 24.0 Å². The van der Waals surface area contributed by atoms with E-state index in [-0.39, 0.29) is 47.4 Å². The number of nitrogens with zero attached hydrogens (tertiary/aromatic N) is 9. The quantitative estimate of drug-likeness (QED) is 0.141. The first kappa shape index (κ1) is 41.3. The highest BCUT2D eigenvalue weighted by molar-refractivity contribution is 6.08. The molecule has 2 N–H and O–H groups in total. The van der Waals surface area contributed by atoms with E-state index < -0.39 is 23.9 Å². The number of hydrogen-bond acceptors (Lipinski definition) is 11. The van der Waals surface area contributed by atoms with E-state index in [4.69, 9.17) is 14.5 Å². The minimum absolute atomic E-state index is 0.000544. The Balaban J connectivity index is 0.696. The molecule has 3 unspecified atom stereocenters. The van der Waals surface area contributed by atoms with Gasteiger partial charge < -0.3 is 24.6 Å². The van der Waals surface area contributed by atoms with Gasteiger partial charge in [0, 0.05) is 57.4 Å². The topological polar surface area (TPSA) is 166 Å². The van der Waals surface area contributed by atoms with Gasteiger partial charge in [0.15, 0.2) is 11.3 Å². The summed E-state index contributed by atoms with van der Waals surface area (Å²) in [5, 5.41) is 19.3. The first-order valence-corrected chi connectivity index (χ1v) is 22.2. The number of alkyl halides is 2. The molecule has 18 heteroatoms. The number of imide groups is 1. The molecule has 3 amide bonds. The highest BCUT2D eigenvalue weighted by Crippen LogP contribution is 2.37. The van der Waals surface area contributed by atoms with E-state index >= 15 is 0 Å². The molecule has 1 saturated carbocycles. The minimum atomic E-state index is -2.86. The van der Waals surface area contributed by atoms with E-state index in [2.05, 4.69) is 47.6 Å². The van der Waals surface area contributed by atoms with Gasteiger partial charge in [-0.15, -0.1) is 0 Å². The van der Waals surface area contributed by atoms with Crippen LogP contribution < -0.4 is 15.5 Å². The molecule has 1 aromatic carbocycles. The normalized spacial score (nSPS) is 24.6. The van der Waals surface area contributed by atoms with Crippen LogP contribution in [0.5, 0.6) is 0 Å². The highest BCUT2D eigenvalue weighted by Gasteiger charge is 2.36. The Morgan fingerprint density at radius 3 is 2.60 bits per heavy atom. The van der Waals surface area contributed by atoms with Crippen molar-refractivity contribution in [1.29, 1.82) is 0 Å². The number of morpholine rings is 1. The summed E-state index contributed by atoms with van der Waals surface area (Å²) in [6.45, 7) is 4.56. The highest BCUT2D eigenvalue weighted by atomic mass is 19.3. The van der Waals surface area contributed by atoms with Gasteiger partial charge in [0.05, 0.1) is 65.5 Å². The van der Waals surface area contributed by atoms with Crippen molar-refractivity contribution >= 4 is 45.8 Å². The van der Waals surface area contributed by atoms with Crippen LogP contribution in [0.3, 0.4) is 0 Å². The Morgan fingerprint density at radius 2 is 1.86 bits per heavy atom. The lowest BCUT2D eigenvalue weighted by Gasteiger charge is -2.45. The fourth-order valence-electron chi connectivity index (χ4n) is 10.2. The second-order valence-corrected chi connectivity index (χ2v) is 17.6. The lowest BCUT2D eigenvalue weighted by atomic mass is 9.85. The van der Waals surface area contributed by atoms with Crippen LogP contribution >= 0.6 is 0 Å². The second-order valence-electron chi connectivity index (χ2n) is 17.6. The van der Waals surface area contributed by atoms with Gasteiger partial charge in [0.25, 0.3) is 12.3 Å². The number of rotatable bonds is 10. The molecular weight excluding hydrogens is 813 g/mol. The third-order valence-corrected chi connectivity index (χ3v) is 13.6. The zero-order chi connectivity index (χ0) is 43.2. The summed E-state index contributed by atoms with van der Waals surface area (Å²) in [6.07, 6.45) is 10.3. The van der Waals surface area contributed by atoms with Gasteiger partial charge in [-0.2, -0.15) is 15.3 Å². The molecule has 11 rings (SSSR count). The van der Waals surface area contributed by atoms with Gasteiger partial charge in [-0.05, 0) is 75.8 Å². The number of halogens is 2. The minimum Gasteiger partial charge on any atom is -0.374 e. The molecule has 330 valence electrons. The maximum atomic E-state index is 14.3. The van der Waals surface area contributed by atoms with Gasteiger partial charge in [-0.25, -0.2) is 18.3 Å². The summed E-state index contributed by atoms with van der Waals surface area (Å²) < 4.78 is 45.6. The van der Waals surface area contributed by atoms with Crippen LogP contribution in [0.4, 0.5) is 20.3 Å². The Bertz CT molecular complexity index is 2590. The number of fused-ring (bicyclic) bond motifs is 5. The fourth-order valence-corrected chi connectivity index (χ4v) is 10.2. The summed E-state index contributed by atoms with van der Waals surface area (Å²) in [5.41, 5.74) is 2.45. The number of benzene rings is 1. The van der Waals surface area contributed by atoms with Crippen LogP contribution in [0.15, 0.2) is 42.9 Å². The molecule has 5 aromatic rings. The van der Waals surface area contributed by atoms with E-state index in [0.29, 0.717) is 43.3 Å². The maximum Gasteiger partial charge on any atom is 0.284 e. The second kappa shape index (κ2) is 17.4. The summed E-state index contributed by atoms with van der Waals surface area (Å²) >= 11 is 0. The molecule has 63 heavy (non-hydrogen) atoms. The number of aryl methyl sites for hydroxylation is 1. The van der Waals surface area contributed by atoms with Gasteiger partial charge in [-0.3, -0.25) is 29.1 Å². The van der Waals surface area contributed by atoms with Crippen molar-refractivity contribution in [2.45, 2.75) is 101 Å². The van der Waals surface area contributed by atoms with Crippen molar-refractivity contribution in [3.05, 3.63) is 65.4 Å². The van der Waals surface area contributed by atoms with Gasteiger partial charge >= 0.3 is 0 Å². The van der Waals surface area contributed by atoms with Crippen LogP contribution in [0.2, 0.25) is 0 Å². The zero-order valence-corrected chi connectivity index (χ0v) is 35.2. The van der Waals surface area contributed by atoms with Crippen molar-refractivity contribution in [2.75, 3.05) is 49.6 Å². The number of carbonyl (C=O) groups excluding carboxylic acids is 3. The van der Waals surface area contributed by atoms with Crippen molar-refractivity contribution < 1.29 is 32.6 Å². The Kier molecular flexibility index (Phi) is 11.4. The predicted molar refractivity (Wildman–Crippen MR) is 227 cm³/mol. The number of ether oxygens (including phenoxy) is 2. The van der Waals surface area contributed by atoms with Crippen LogP contribution in [-0.2, 0) is 26.1 Å². The number of amides is 3. The van der Waals surface area contributed by atoms with E-state index in [1.165, 1.54) is 10.7 Å². The number of nitrogens with one attached hydrogen (secondary N) is 2.